The summed E-state index contributed by atoms with van der Waals surface area (Å²) in [4.78, 5) is 0. The van der Waals surface area contributed by atoms with Gasteiger partial charge in [0, 0.05) is 39.6 Å². The molecule has 9 heteroatoms. The van der Waals surface area contributed by atoms with Crippen molar-refractivity contribution in [1.29, 1.82) is 0 Å². The maximum atomic E-state index is 5.07. The molecule has 0 aromatic rings. The molecule has 9 rings (SSSR count). The van der Waals surface area contributed by atoms with E-state index in [1.807, 2.05) is 11.8 Å². The lowest BCUT2D eigenvalue weighted by molar-refractivity contribution is 0.0367. The van der Waals surface area contributed by atoms with Crippen molar-refractivity contribution in [2.45, 2.75) is 116 Å². The number of rotatable bonds is 0. The molecule has 0 radical (unpaired) electrons. The normalized spacial score (nSPS) is 24.0. The molecule has 45 heavy (non-hydrogen) atoms. The van der Waals surface area contributed by atoms with Gasteiger partial charge in [0.2, 0.25) is 0 Å². The van der Waals surface area contributed by atoms with Crippen molar-refractivity contribution >= 4 is 35.3 Å². The van der Waals surface area contributed by atoms with E-state index in [4.69, 9.17) is 14.2 Å². The largest absolute Gasteiger partial charge is 0.381 e. The number of nitrogens with one attached hydrogen (secondary N) is 3. The van der Waals surface area contributed by atoms with E-state index in [0.717, 1.165) is 39.6 Å². The summed E-state index contributed by atoms with van der Waals surface area (Å²) in [6, 6.07) is 0. The Balaban J connectivity index is 0.000000254. The van der Waals surface area contributed by atoms with Gasteiger partial charge in [-0.2, -0.15) is 35.3 Å². The molecule has 0 aromatic carbocycles. The zero-order valence-corrected chi connectivity index (χ0v) is 31.9. The van der Waals surface area contributed by atoms with Gasteiger partial charge in [0.25, 0.3) is 0 Å². The van der Waals surface area contributed by atoms with Crippen LogP contribution in [-0.4, -0.2) is 113 Å². The second-order valence-corrected chi connectivity index (χ2v) is 16.0. The van der Waals surface area contributed by atoms with Crippen molar-refractivity contribution in [2.24, 2.45) is 0 Å². The van der Waals surface area contributed by atoms with E-state index >= 15 is 0 Å². The van der Waals surface area contributed by atoms with Crippen molar-refractivity contribution in [1.82, 2.24) is 16.0 Å². The topological polar surface area (TPSA) is 63.8 Å². The van der Waals surface area contributed by atoms with E-state index in [1.165, 1.54) is 189 Å². The van der Waals surface area contributed by atoms with E-state index in [0.29, 0.717) is 0 Å². The predicted octanol–water partition coefficient (Wildman–Crippen LogP) is 8.04. The number of hydrogen-bond donors (Lipinski definition) is 3. The van der Waals surface area contributed by atoms with Crippen LogP contribution in [0.5, 0.6) is 0 Å². The van der Waals surface area contributed by atoms with Gasteiger partial charge in [0.15, 0.2) is 0 Å². The molecule has 6 nitrogen and oxygen atoms in total. The Morgan fingerprint density at radius 1 is 0.244 bits per heavy atom. The smallest absolute Gasteiger partial charge is 0.0488 e. The van der Waals surface area contributed by atoms with Crippen molar-refractivity contribution in [3.63, 3.8) is 0 Å². The van der Waals surface area contributed by atoms with E-state index in [-0.39, 0.29) is 0 Å². The molecule has 9 aliphatic rings. The van der Waals surface area contributed by atoms with Crippen LogP contribution in [0.1, 0.15) is 116 Å². The molecule has 0 aliphatic carbocycles. The lowest BCUT2D eigenvalue weighted by atomic mass is 10.2. The highest BCUT2D eigenvalue weighted by Crippen LogP contribution is 2.15. The first-order valence-corrected chi connectivity index (χ1v) is 22.5. The van der Waals surface area contributed by atoms with Gasteiger partial charge in [-0.05, 0) is 177 Å². The third kappa shape index (κ3) is 39.1. The van der Waals surface area contributed by atoms with Crippen molar-refractivity contribution < 1.29 is 14.2 Å². The van der Waals surface area contributed by atoms with Crippen LogP contribution in [0, 0.1) is 0 Å². The maximum Gasteiger partial charge on any atom is 0.0488 e. The van der Waals surface area contributed by atoms with Gasteiger partial charge in [-0.25, -0.2) is 0 Å². The molecule has 9 heterocycles. The number of ether oxygens (including phenoxy) is 3. The highest BCUT2D eigenvalue weighted by Gasteiger charge is 1.98. The van der Waals surface area contributed by atoms with Crippen LogP contribution in [0.4, 0.5) is 0 Å². The van der Waals surface area contributed by atoms with Crippen LogP contribution < -0.4 is 16.0 Å². The Bertz CT molecular complexity index is 364. The second-order valence-electron chi connectivity index (χ2n) is 12.3. The molecule has 0 saturated carbocycles. The number of thioether (sulfide) groups is 3. The summed E-state index contributed by atoms with van der Waals surface area (Å²) in [6.45, 7) is 13.5. The van der Waals surface area contributed by atoms with Crippen molar-refractivity contribution in [3.05, 3.63) is 0 Å². The van der Waals surface area contributed by atoms with Gasteiger partial charge in [0.1, 0.15) is 0 Å². The SMILES string of the molecule is C1CCNC1.C1CCNCC1.C1CCOC1.C1CCOCC1.C1CCSC1.C1CCSCC1.C1CNC1.C1COC1.C1CSC1. The fourth-order valence-electron chi connectivity index (χ4n) is 4.29. The third-order valence-corrected chi connectivity index (χ3v) is 11.3. The van der Waals surface area contributed by atoms with Crippen molar-refractivity contribution in [3.8, 4) is 0 Å². The zero-order valence-electron chi connectivity index (χ0n) is 29.4. The van der Waals surface area contributed by atoms with Crippen LogP contribution in [0.2, 0.25) is 0 Å². The van der Waals surface area contributed by atoms with Crippen LogP contribution in [0.15, 0.2) is 0 Å². The Morgan fingerprint density at radius 3 is 0.622 bits per heavy atom. The fourth-order valence-corrected chi connectivity index (χ4v) is 6.62. The molecule has 9 fully saturated rings. The van der Waals surface area contributed by atoms with Gasteiger partial charge in [-0.15, -0.1) is 0 Å². The quantitative estimate of drug-likeness (QED) is 0.234. The van der Waals surface area contributed by atoms with Gasteiger partial charge >= 0.3 is 0 Å². The van der Waals surface area contributed by atoms with Gasteiger partial charge < -0.3 is 30.2 Å². The summed E-state index contributed by atoms with van der Waals surface area (Å²) in [5.74, 6) is 8.50. The van der Waals surface area contributed by atoms with Crippen LogP contribution in [0.25, 0.3) is 0 Å². The number of piperidine rings is 1. The van der Waals surface area contributed by atoms with Crippen LogP contribution >= 0.6 is 35.3 Å². The third-order valence-electron chi connectivity index (χ3n) is 7.84. The first kappa shape index (κ1) is 43.8. The summed E-state index contributed by atoms with van der Waals surface area (Å²) < 4.78 is 14.7. The van der Waals surface area contributed by atoms with Crippen molar-refractivity contribution in [2.75, 3.05) is 113 Å². The molecule has 9 saturated heterocycles. The van der Waals surface area contributed by atoms with E-state index in [1.54, 1.807) is 0 Å². The molecule has 0 amide bonds. The fraction of sp³-hybridized carbons (Fsp3) is 1.00. The maximum absolute atomic E-state index is 5.07. The molecule has 270 valence electrons. The predicted molar refractivity (Wildman–Crippen MR) is 206 cm³/mol. The van der Waals surface area contributed by atoms with E-state index in [2.05, 4.69) is 39.5 Å². The molecule has 9 aliphatic heterocycles. The molecule has 0 spiro atoms. The summed E-state index contributed by atoms with van der Waals surface area (Å²) >= 11 is 6.21. The van der Waals surface area contributed by atoms with E-state index in [9.17, 15) is 0 Å². The zero-order chi connectivity index (χ0) is 31.8. The second kappa shape index (κ2) is 41.0. The molecule has 3 N–H and O–H groups in total. The van der Waals surface area contributed by atoms with Crippen LogP contribution in [0.3, 0.4) is 0 Å². The van der Waals surface area contributed by atoms with E-state index < -0.39 is 0 Å². The number of hydrogen-bond acceptors (Lipinski definition) is 9. The Hall–Kier alpha value is 0.810. The highest BCUT2D eigenvalue weighted by atomic mass is 32.2. The molecule has 0 aromatic heterocycles. The lowest BCUT2D eigenvalue weighted by Gasteiger charge is -2.09. The van der Waals surface area contributed by atoms with Gasteiger partial charge in [-0.3, -0.25) is 0 Å². The average Bonchev–Trinajstić information content (AvgIpc) is 3.86. The molecular formula is C36H75N3O3S3. The van der Waals surface area contributed by atoms with Gasteiger partial charge in [-0.1, -0.05) is 12.8 Å². The summed E-state index contributed by atoms with van der Waals surface area (Å²) in [6.07, 6.45) is 24.9. The minimum atomic E-state index is 1.00. The summed E-state index contributed by atoms with van der Waals surface area (Å²) in [5.41, 5.74) is 0. The highest BCUT2D eigenvalue weighted by molar-refractivity contribution is 8.00. The summed E-state index contributed by atoms with van der Waals surface area (Å²) in [7, 11) is 0. The lowest BCUT2D eigenvalue weighted by Crippen LogP contribution is -2.29. The van der Waals surface area contributed by atoms with Gasteiger partial charge in [0.05, 0.1) is 0 Å². The minimum absolute atomic E-state index is 1.00. The Kier molecular flexibility index (Phi) is 39.9. The molecule has 0 bridgehead atoms. The minimum Gasteiger partial charge on any atom is -0.381 e. The Labute approximate surface area is 293 Å². The van der Waals surface area contributed by atoms with Crippen LogP contribution in [-0.2, 0) is 14.2 Å². The summed E-state index contributed by atoms with van der Waals surface area (Å²) in [5, 5.41) is 9.62. The monoisotopic (exact) mass is 693 g/mol. The first-order valence-electron chi connectivity index (χ1n) is 19.1. The molecule has 0 unspecified atom stereocenters. The molecular weight excluding hydrogens is 619 g/mol. The Morgan fingerprint density at radius 2 is 0.489 bits per heavy atom. The standard InChI is InChI=1S/C5H11N.C5H10O.C5H10S.C4H9N.C4H8O.C4H8S.C3H7N.C3H6O.C3H6S/c3*1-2-4-6-5-3-1;3*1-2-4-5-3-1;3*1-2-4-3-1/h6H,1-5H2;2*1-5H2;5H,1-4H2;2*1-4H2;4H,1-3H2;2*1-3H2. The average molecular weight is 694 g/mol. The molecule has 0 atom stereocenters. The first-order chi connectivity index (χ1) is 22.5.